The predicted octanol–water partition coefficient (Wildman–Crippen LogP) is 5.69. The first kappa shape index (κ1) is 23.4. The van der Waals surface area contributed by atoms with Crippen LogP contribution in [0.25, 0.3) is 0 Å². The Morgan fingerprint density at radius 3 is 2.26 bits per heavy atom. The summed E-state index contributed by atoms with van der Waals surface area (Å²) in [5.74, 6) is -2.85. The zero-order valence-electron chi connectivity index (χ0n) is 16.4. The van der Waals surface area contributed by atoms with E-state index in [-0.39, 0.29) is 32.8 Å². The molecule has 0 heterocycles. The van der Waals surface area contributed by atoms with Crippen molar-refractivity contribution >= 4 is 35.0 Å². The van der Waals surface area contributed by atoms with E-state index in [2.05, 4.69) is 5.32 Å². The van der Waals surface area contributed by atoms with Crippen LogP contribution in [0, 0.1) is 0 Å². The third kappa shape index (κ3) is 5.52. The molecule has 0 radical (unpaired) electrons. The Hall–Kier alpha value is -2.25. The lowest BCUT2D eigenvalue weighted by molar-refractivity contribution is -0.138. The Labute approximate surface area is 187 Å². The summed E-state index contributed by atoms with van der Waals surface area (Å²) < 4.78 is 41.7. The molecule has 0 aliphatic heterocycles. The van der Waals surface area contributed by atoms with E-state index in [1.165, 1.54) is 24.3 Å². The highest BCUT2D eigenvalue weighted by Gasteiger charge is 2.38. The highest BCUT2D eigenvalue weighted by Crippen LogP contribution is 2.39. The van der Waals surface area contributed by atoms with Gasteiger partial charge in [0.15, 0.2) is 0 Å². The average molecular weight is 473 g/mol. The molecule has 3 rings (SSSR count). The van der Waals surface area contributed by atoms with Crippen LogP contribution in [0.1, 0.15) is 65.1 Å². The summed E-state index contributed by atoms with van der Waals surface area (Å²) >= 11 is 12.1. The van der Waals surface area contributed by atoms with Gasteiger partial charge in [0.2, 0.25) is 11.8 Å². The number of nitrogens with one attached hydrogen (secondary N) is 1. The molecule has 2 amide bonds. The largest absolute Gasteiger partial charge is 0.416 e. The SMILES string of the molecule is NC(=O)c1ccc(C(C(=O)NC2CCCCC2)c2ccc(Cl)c(Cl)c2)c(C(F)(F)F)c1. The minimum Gasteiger partial charge on any atom is -0.366 e. The molecule has 0 aromatic heterocycles. The number of alkyl halides is 3. The molecule has 1 aliphatic rings. The first-order valence-corrected chi connectivity index (χ1v) is 10.6. The van der Waals surface area contributed by atoms with E-state index in [0.717, 1.165) is 38.2 Å². The van der Waals surface area contributed by atoms with E-state index >= 15 is 0 Å². The Morgan fingerprint density at radius 1 is 1.00 bits per heavy atom. The minimum absolute atomic E-state index is 0.106. The summed E-state index contributed by atoms with van der Waals surface area (Å²) in [5.41, 5.74) is 3.75. The van der Waals surface area contributed by atoms with E-state index in [1.807, 2.05) is 0 Å². The molecule has 0 bridgehead atoms. The van der Waals surface area contributed by atoms with Gasteiger partial charge in [-0.2, -0.15) is 13.2 Å². The fraction of sp³-hybridized carbons (Fsp3) is 0.364. The maximum Gasteiger partial charge on any atom is 0.416 e. The smallest absolute Gasteiger partial charge is 0.366 e. The van der Waals surface area contributed by atoms with Gasteiger partial charge in [0.25, 0.3) is 0 Å². The van der Waals surface area contributed by atoms with Crippen molar-refractivity contribution in [2.75, 3.05) is 0 Å². The maximum atomic E-state index is 13.9. The van der Waals surface area contributed by atoms with Crippen molar-refractivity contribution in [3.8, 4) is 0 Å². The van der Waals surface area contributed by atoms with Gasteiger partial charge >= 0.3 is 6.18 Å². The third-order valence-corrected chi connectivity index (χ3v) is 6.18. The standard InChI is InChI=1S/C22H21Cl2F3N2O2/c23-17-9-7-12(11-18(17)24)19(21(31)29-14-4-2-1-3-5-14)15-8-6-13(20(28)30)10-16(15)22(25,26)27/h6-11,14,19H,1-5H2,(H2,28,30)(H,29,31). The minimum atomic E-state index is -4.81. The number of halogens is 5. The molecule has 9 heteroatoms. The number of amides is 2. The van der Waals surface area contributed by atoms with Crippen LogP contribution < -0.4 is 11.1 Å². The fourth-order valence-corrected chi connectivity index (χ4v) is 4.21. The molecule has 0 spiro atoms. The fourth-order valence-electron chi connectivity index (χ4n) is 3.90. The highest BCUT2D eigenvalue weighted by molar-refractivity contribution is 6.42. The van der Waals surface area contributed by atoms with Crippen molar-refractivity contribution in [3.05, 3.63) is 68.7 Å². The molecule has 166 valence electrons. The monoisotopic (exact) mass is 472 g/mol. The summed E-state index contributed by atoms with van der Waals surface area (Å²) in [6, 6.07) is 7.17. The van der Waals surface area contributed by atoms with E-state index in [1.54, 1.807) is 0 Å². The number of nitrogens with two attached hydrogens (primary N) is 1. The van der Waals surface area contributed by atoms with Crippen molar-refractivity contribution in [1.82, 2.24) is 5.32 Å². The molecule has 2 aromatic rings. The Bertz CT molecular complexity index is 989. The molecule has 1 saturated carbocycles. The highest BCUT2D eigenvalue weighted by atomic mass is 35.5. The molecule has 1 unspecified atom stereocenters. The van der Waals surface area contributed by atoms with Crippen LogP contribution in [-0.4, -0.2) is 17.9 Å². The summed E-state index contributed by atoms with van der Waals surface area (Å²) in [6.45, 7) is 0. The van der Waals surface area contributed by atoms with E-state index < -0.39 is 29.5 Å². The average Bonchev–Trinajstić information content (AvgIpc) is 2.71. The Balaban J connectivity index is 2.12. The Kier molecular flexibility index (Phi) is 7.17. The Morgan fingerprint density at radius 2 is 1.68 bits per heavy atom. The number of hydrogen-bond acceptors (Lipinski definition) is 2. The van der Waals surface area contributed by atoms with Crippen LogP contribution in [0.5, 0.6) is 0 Å². The lowest BCUT2D eigenvalue weighted by Gasteiger charge is -2.27. The van der Waals surface area contributed by atoms with Crippen LogP contribution in [0.4, 0.5) is 13.2 Å². The van der Waals surface area contributed by atoms with Gasteiger partial charge < -0.3 is 11.1 Å². The zero-order chi connectivity index (χ0) is 22.8. The predicted molar refractivity (Wildman–Crippen MR) is 113 cm³/mol. The first-order valence-electron chi connectivity index (χ1n) is 9.84. The van der Waals surface area contributed by atoms with Gasteiger partial charge in [0, 0.05) is 11.6 Å². The van der Waals surface area contributed by atoms with Gasteiger partial charge in [-0.3, -0.25) is 9.59 Å². The number of carbonyl (C=O) groups is 2. The van der Waals surface area contributed by atoms with Gasteiger partial charge in [-0.05, 0) is 48.2 Å². The molecule has 2 aromatic carbocycles. The zero-order valence-corrected chi connectivity index (χ0v) is 17.9. The lowest BCUT2D eigenvalue weighted by Crippen LogP contribution is -2.40. The number of hydrogen-bond donors (Lipinski definition) is 2. The lowest BCUT2D eigenvalue weighted by atomic mass is 9.85. The molecule has 3 N–H and O–H groups in total. The quantitative estimate of drug-likeness (QED) is 0.586. The van der Waals surface area contributed by atoms with E-state index in [9.17, 15) is 22.8 Å². The molecular formula is C22H21Cl2F3N2O2. The van der Waals surface area contributed by atoms with Crippen LogP contribution in [0.2, 0.25) is 10.0 Å². The molecule has 1 aliphatic carbocycles. The molecule has 1 fully saturated rings. The van der Waals surface area contributed by atoms with E-state index in [0.29, 0.717) is 6.07 Å². The number of benzene rings is 2. The summed E-state index contributed by atoms with van der Waals surface area (Å²) in [4.78, 5) is 24.7. The molecule has 1 atom stereocenters. The second kappa shape index (κ2) is 9.49. The molecule has 4 nitrogen and oxygen atoms in total. The van der Waals surface area contributed by atoms with Crippen LogP contribution in [0.3, 0.4) is 0 Å². The second-order valence-corrected chi connectivity index (χ2v) is 8.43. The summed E-state index contributed by atoms with van der Waals surface area (Å²) in [6.07, 6.45) is -0.304. The van der Waals surface area contributed by atoms with Gasteiger partial charge in [-0.25, -0.2) is 0 Å². The van der Waals surface area contributed by atoms with Crippen LogP contribution >= 0.6 is 23.2 Å². The third-order valence-electron chi connectivity index (χ3n) is 5.44. The molecular weight excluding hydrogens is 452 g/mol. The van der Waals surface area contributed by atoms with Crippen molar-refractivity contribution in [2.24, 2.45) is 5.73 Å². The number of primary amides is 1. The van der Waals surface area contributed by atoms with Crippen molar-refractivity contribution in [1.29, 1.82) is 0 Å². The topological polar surface area (TPSA) is 72.2 Å². The normalized spacial score (nSPS) is 16.0. The summed E-state index contributed by atoms with van der Waals surface area (Å²) in [7, 11) is 0. The number of carbonyl (C=O) groups excluding carboxylic acids is 2. The first-order chi connectivity index (χ1) is 14.6. The van der Waals surface area contributed by atoms with Crippen molar-refractivity contribution in [3.63, 3.8) is 0 Å². The van der Waals surface area contributed by atoms with Gasteiger partial charge in [-0.1, -0.05) is 54.6 Å². The van der Waals surface area contributed by atoms with Gasteiger partial charge in [0.1, 0.15) is 0 Å². The van der Waals surface area contributed by atoms with Gasteiger partial charge in [0.05, 0.1) is 21.5 Å². The summed E-state index contributed by atoms with van der Waals surface area (Å²) in [5, 5.41) is 3.23. The van der Waals surface area contributed by atoms with Crippen molar-refractivity contribution < 1.29 is 22.8 Å². The van der Waals surface area contributed by atoms with Crippen molar-refractivity contribution in [2.45, 2.75) is 50.2 Å². The second-order valence-electron chi connectivity index (χ2n) is 7.61. The number of rotatable bonds is 5. The molecule has 31 heavy (non-hydrogen) atoms. The van der Waals surface area contributed by atoms with Gasteiger partial charge in [-0.15, -0.1) is 0 Å². The van der Waals surface area contributed by atoms with Crippen LogP contribution in [0.15, 0.2) is 36.4 Å². The van der Waals surface area contributed by atoms with Crippen LogP contribution in [-0.2, 0) is 11.0 Å². The van der Waals surface area contributed by atoms with E-state index in [4.69, 9.17) is 28.9 Å². The molecule has 0 saturated heterocycles. The maximum absolute atomic E-state index is 13.9.